The van der Waals surface area contributed by atoms with Gasteiger partial charge in [0, 0.05) is 11.3 Å². The predicted octanol–water partition coefficient (Wildman–Crippen LogP) is 4.72. The highest BCUT2D eigenvalue weighted by Crippen LogP contribution is 2.31. The van der Waals surface area contributed by atoms with Crippen molar-refractivity contribution in [1.82, 2.24) is 25.0 Å². The van der Waals surface area contributed by atoms with Crippen molar-refractivity contribution in [3.8, 4) is 0 Å². The van der Waals surface area contributed by atoms with Crippen molar-refractivity contribution in [3.05, 3.63) is 77.4 Å². The molecule has 0 aliphatic heterocycles. The highest BCUT2D eigenvalue weighted by molar-refractivity contribution is 7.98. The van der Waals surface area contributed by atoms with Crippen molar-refractivity contribution in [2.75, 3.05) is 0 Å². The Bertz CT molecular complexity index is 1140. The molecule has 0 saturated carbocycles. The third kappa shape index (κ3) is 4.21. The van der Waals surface area contributed by atoms with E-state index in [1.54, 1.807) is 18.2 Å². The number of aromatic nitrogens is 5. The van der Waals surface area contributed by atoms with E-state index in [0.717, 1.165) is 12.1 Å². The number of fused-ring (bicyclic) bond motifs is 1. The second kappa shape index (κ2) is 7.78. The molecule has 0 N–H and O–H groups in total. The third-order valence-corrected chi connectivity index (χ3v) is 5.25. The molecular formula is C19H13F4N5S. The van der Waals surface area contributed by atoms with Gasteiger partial charge in [-0.05, 0) is 23.8 Å². The molecular weight excluding hydrogens is 406 g/mol. The Labute approximate surface area is 166 Å². The van der Waals surface area contributed by atoms with Crippen LogP contribution in [-0.4, -0.2) is 25.0 Å². The van der Waals surface area contributed by atoms with Crippen molar-refractivity contribution in [2.45, 2.75) is 23.5 Å². The number of nitrogens with zero attached hydrogens (tertiary/aromatic N) is 5. The van der Waals surface area contributed by atoms with Crippen molar-refractivity contribution in [2.24, 2.45) is 0 Å². The lowest BCUT2D eigenvalue weighted by Crippen LogP contribution is -2.05. The largest absolute Gasteiger partial charge is 0.416 e. The molecule has 2 heterocycles. The van der Waals surface area contributed by atoms with Crippen LogP contribution in [0.3, 0.4) is 0 Å². The van der Waals surface area contributed by atoms with Gasteiger partial charge in [0.2, 0.25) is 0 Å². The molecule has 10 heteroatoms. The van der Waals surface area contributed by atoms with Gasteiger partial charge in [-0.1, -0.05) is 47.3 Å². The lowest BCUT2D eigenvalue weighted by atomic mass is 10.1. The van der Waals surface area contributed by atoms with E-state index in [1.165, 1.54) is 41.0 Å². The van der Waals surface area contributed by atoms with Crippen LogP contribution in [0.4, 0.5) is 17.6 Å². The summed E-state index contributed by atoms with van der Waals surface area (Å²) in [7, 11) is 0. The summed E-state index contributed by atoms with van der Waals surface area (Å²) in [6.45, 7) is 0.170. The maximum absolute atomic E-state index is 13.9. The highest BCUT2D eigenvalue weighted by atomic mass is 32.2. The van der Waals surface area contributed by atoms with Crippen LogP contribution < -0.4 is 0 Å². The van der Waals surface area contributed by atoms with Gasteiger partial charge in [-0.2, -0.15) is 13.2 Å². The second-order valence-corrected chi connectivity index (χ2v) is 7.14. The van der Waals surface area contributed by atoms with Crippen molar-refractivity contribution in [1.29, 1.82) is 0 Å². The smallest absolute Gasteiger partial charge is 0.227 e. The molecule has 0 aliphatic carbocycles. The van der Waals surface area contributed by atoms with Crippen molar-refractivity contribution < 1.29 is 17.6 Å². The number of benzene rings is 2. The zero-order valence-corrected chi connectivity index (χ0v) is 15.6. The fraction of sp³-hybridized carbons (Fsp3) is 0.158. The van der Waals surface area contributed by atoms with Gasteiger partial charge < -0.3 is 0 Å². The lowest BCUT2D eigenvalue weighted by molar-refractivity contribution is -0.137. The van der Waals surface area contributed by atoms with Crippen LogP contribution in [0.15, 0.2) is 59.9 Å². The molecule has 0 bridgehead atoms. The maximum Gasteiger partial charge on any atom is 0.416 e. The average molecular weight is 419 g/mol. The monoisotopic (exact) mass is 419 g/mol. The van der Waals surface area contributed by atoms with Gasteiger partial charge in [0.1, 0.15) is 17.2 Å². The summed E-state index contributed by atoms with van der Waals surface area (Å²) >= 11 is 1.32. The van der Waals surface area contributed by atoms with Gasteiger partial charge in [0.15, 0.2) is 11.2 Å². The molecule has 0 atom stereocenters. The number of hydrogen-bond acceptors (Lipinski definition) is 5. The summed E-state index contributed by atoms with van der Waals surface area (Å²) in [5.41, 5.74) is 1.40. The van der Waals surface area contributed by atoms with E-state index in [2.05, 4.69) is 20.3 Å². The van der Waals surface area contributed by atoms with E-state index in [9.17, 15) is 17.6 Å². The van der Waals surface area contributed by atoms with Crippen LogP contribution in [0.1, 0.15) is 16.7 Å². The molecule has 0 saturated heterocycles. The molecule has 0 spiro atoms. The molecule has 2 aromatic heterocycles. The fourth-order valence-electron chi connectivity index (χ4n) is 2.71. The Kier molecular flexibility index (Phi) is 5.18. The molecule has 148 valence electrons. The van der Waals surface area contributed by atoms with Crippen molar-refractivity contribution >= 4 is 22.9 Å². The van der Waals surface area contributed by atoms with Gasteiger partial charge in [0.25, 0.3) is 0 Å². The second-order valence-electron chi connectivity index (χ2n) is 6.17. The van der Waals surface area contributed by atoms with Gasteiger partial charge in [-0.15, -0.1) is 5.10 Å². The zero-order chi connectivity index (χ0) is 20.4. The Morgan fingerprint density at radius 1 is 0.966 bits per heavy atom. The quantitative estimate of drug-likeness (QED) is 0.266. The topological polar surface area (TPSA) is 56.5 Å². The molecule has 0 unspecified atom stereocenters. The first-order chi connectivity index (χ1) is 13.9. The molecule has 0 amide bonds. The predicted molar refractivity (Wildman–Crippen MR) is 99.6 cm³/mol. The van der Waals surface area contributed by atoms with Crippen LogP contribution in [0, 0.1) is 5.82 Å². The molecule has 0 fully saturated rings. The number of rotatable bonds is 5. The fourth-order valence-corrected chi connectivity index (χ4v) is 3.60. The van der Waals surface area contributed by atoms with Crippen LogP contribution in [-0.2, 0) is 18.5 Å². The molecule has 5 nitrogen and oxygen atoms in total. The number of alkyl halides is 3. The zero-order valence-electron chi connectivity index (χ0n) is 14.8. The summed E-state index contributed by atoms with van der Waals surface area (Å²) in [6.07, 6.45) is -3.00. The van der Waals surface area contributed by atoms with Gasteiger partial charge in [-0.25, -0.2) is 19.0 Å². The van der Waals surface area contributed by atoms with Crippen LogP contribution in [0.25, 0.3) is 11.2 Å². The van der Waals surface area contributed by atoms with Crippen LogP contribution in [0.5, 0.6) is 0 Å². The Hall–Kier alpha value is -3.01. The Morgan fingerprint density at radius 2 is 1.72 bits per heavy atom. The average Bonchev–Trinajstić information content (AvgIpc) is 3.11. The van der Waals surface area contributed by atoms with E-state index in [4.69, 9.17) is 0 Å². The molecule has 0 radical (unpaired) electrons. The minimum absolute atomic E-state index is 0.170. The maximum atomic E-state index is 13.9. The molecule has 2 aromatic carbocycles. The molecule has 4 rings (SSSR count). The minimum atomic E-state index is -4.36. The van der Waals surface area contributed by atoms with Gasteiger partial charge >= 0.3 is 6.18 Å². The van der Waals surface area contributed by atoms with E-state index in [-0.39, 0.29) is 12.4 Å². The normalized spacial score (nSPS) is 11.9. The van der Waals surface area contributed by atoms with E-state index in [1.807, 2.05) is 0 Å². The first kappa shape index (κ1) is 19.3. The van der Waals surface area contributed by atoms with Gasteiger partial charge in [-0.3, -0.25) is 0 Å². The van der Waals surface area contributed by atoms with Crippen molar-refractivity contribution in [3.63, 3.8) is 0 Å². The van der Waals surface area contributed by atoms with E-state index >= 15 is 0 Å². The number of hydrogen-bond donors (Lipinski definition) is 0. The first-order valence-electron chi connectivity index (χ1n) is 8.48. The van der Waals surface area contributed by atoms with E-state index in [0.29, 0.717) is 33.1 Å². The lowest BCUT2D eigenvalue weighted by Gasteiger charge is -2.07. The number of thioether (sulfide) groups is 1. The molecule has 0 aliphatic rings. The first-order valence-corrected chi connectivity index (χ1v) is 9.47. The van der Waals surface area contributed by atoms with Crippen LogP contribution in [0.2, 0.25) is 0 Å². The van der Waals surface area contributed by atoms with E-state index < -0.39 is 11.7 Å². The van der Waals surface area contributed by atoms with Crippen LogP contribution >= 0.6 is 11.8 Å². The number of halogens is 4. The minimum Gasteiger partial charge on any atom is -0.227 e. The summed E-state index contributed by atoms with van der Waals surface area (Å²) < 4.78 is 53.4. The Morgan fingerprint density at radius 3 is 2.45 bits per heavy atom. The van der Waals surface area contributed by atoms with Gasteiger partial charge in [0.05, 0.1) is 12.1 Å². The molecule has 29 heavy (non-hydrogen) atoms. The highest BCUT2D eigenvalue weighted by Gasteiger charge is 2.29. The Balaban J connectivity index is 1.53. The molecule has 4 aromatic rings. The SMILES string of the molecule is Fc1ccccc1Cn1nnc2c(SCc3ccc(C(F)(F)F)cc3)ncnc21. The summed E-state index contributed by atoms with van der Waals surface area (Å²) in [5.74, 6) is 0.0619. The summed E-state index contributed by atoms with van der Waals surface area (Å²) in [6, 6.07) is 11.3. The standard InChI is InChI=1S/C19H13F4N5S/c20-15-4-2-1-3-13(15)9-28-17-16(26-27-28)18(25-11-24-17)29-10-12-5-7-14(8-6-12)19(21,22)23/h1-8,11H,9-10H2. The third-order valence-electron chi connectivity index (χ3n) is 4.20. The summed E-state index contributed by atoms with van der Waals surface area (Å²) in [4.78, 5) is 8.39. The summed E-state index contributed by atoms with van der Waals surface area (Å²) in [5, 5.41) is 8.69.